The van der Waals surface area contributed by atoms with Crippen LogP contribution in [0, 0.1) is 0 Å². The van der Waals surface area contributed by atoms with Crippen molar-refractivity contribution in [3.05, 3.63) is 237 Å². The lowest BCUT2D eigenvalue weighted by Gasteiger charge is -2.27. The number of anilines is 3. The Morgan fingerprint density at radius 2 is 0.644 bits per heavy atom. The standard InChI is InChI=1S/C58H39N/c1-3-16-43(17-4-1)57-55-25-12-11-24-53(55)54-35-34-52(39-56(54)58(57)44-18-5-2-6-19-44)59(50-32-30-42(31-33-50)48-28-26-40-14-7-9-20-45(40)36-48)51-23-13-22-47(38-51)49-29-27-41-15-8-10-21-46(41)37-49/h1-39H. The van der Waals surface area contributed by atoms with Crippen LogP contribution in [0.15, 0.2) is 237 Å². The Kier molecular flexibility index (Phi) is 8.56. The van der Waals surface area contributed by atoms with Crippen LogP contribution in [0.1, 0.15) is 0 Å². The van der Waals surface area contributed by atoms with Crippen LogP contribution in [0.3, 0.4) is 0 Å². The Morgan fingerprint density at radius 1 is 0.203 bits per heavy atom. The summed E-state index contributed by atoms with van der Waals surface area (Å²) in [6.45, 7) is 0. The summed E-state index contributed by atoms with van der Waals surface area (Å²) in [4.78, 5) is 2.42. The third-order valence-electron chi connectivity index (χ3n) is 11.8. The lowest BCUT2D eigenvalue weighted by atomic mass is 9.85. The third-order valence-corrected chi connectivity index (χ3v) is 11.8. The van der Waals surface area contributed by atoms with Crippen LogP contribution in [-0.2, 0) is 0 Å². The molecular formula is C58H39N. The summed E-state index contributed by atoms with van der Waals surface area (Å²) in [6.07, 6.45) is 0. The number of nitrogens with zero attached hydrogens (tertiary/aromatic N) is 1. The molecule has 0 aromatic heterocycles. The summed E-state index contributed by atoms with van der Waals surface area (Å²) in [6, 6.07) is 86.4. The highest BCUT2D eigenvalue weighted by atomic mass is 15.1. The van der Waals surface area contributed by atoms with Gasteiger partial charge in [-0.05, 0) is 136 Å². The largest absolute Gasteiger partial charge is 0.310 e. The van der Waals surface area contributed by atoms with E-state index in [0.29, 0.717) is 0 Å². The number of benzene rings is 11. The lowest BCUT2D eigenvalue weighted by Crippen LogP contribution is -2.10. The molecule has 0 fully saturated rings. The van der Waals surface area contributed by atoms with Crippen molar-refractivity contribution in [2.45, 2.75) is 0 Å². The maximum Gasteiger partial charge on any atom is 0.0468 e. The highest BCUT2D eigenvalue weighted by Crippen LogP contribution is 2.47. The summed E-state index contributed by atoms with van der Waals surface area (Å²) in [7, 11) is 0. The zero-order valence-corrected chi connectivity index (χ0v) is 32.5. The predicted octanol–water partition coefficient (Wildman–Crippen LogP) is 16.4. The maximum absolute atomic E-state index is 2.42. The molecule has 11 aromatic carbocycles. The van der Waals surface area contributed by atoms with Gasteiger partial charge in [0.2, 0.25) is 0 Å². The predicted molar refractivity (Wildman–Crippen MR) is 253 cm³/mol. The fourth-order valence-corrected chi connectivity index (χ4v) is 8.94. The lowest BCUT2D eigenvalue weighted by molar-refractivity contribution is 1.29. The average molecular weight is 750 g/mol. The minimum atomic E-state index is 1.09. The van der Waals surface area contributed by atoms with E-state index in [4.69, 9.17) is 0 Å². The first-order valence-corrected chi connectivity index (χ1v) is 20.3. The molecule has 59 heavy (non-hydrogen) atoms. The van der Waals surface area contributed by atoms with E-state index in [1.165, 1.54) is 87.6 Å². The van der Waals surface area contributed by atoms with E-state index in [1.54, 1.807) is 0 Å². The van der Waals surface area contributed by atoms with Gasteiger partial charge in [0.1, 0.15) is 0 Å². The highest BCUT2D eigenvalue weighted by molar-refractivity contribution is 6.22. The van der Waals surface area contributed by atoms with Gasteiger partial charge in [0, 0.05) is 17.1 Å². The van der Waals surface area contributed by atoms with Crippen molar-refractivity contribution in [3.63, 3.8) is 0 Å². The summed E-state index contributed by atoms with van der Waals surface area (Å²) in [5, 5.41) is 9.93. The topological polar surface area (TPSA) is 3.24 Å². The van der Waals surface area contributed by atoms with Gasteiger partial charge in [-0.15, -0.1) is 0 Å². The molecule has 0 aliphatic rings. The van der Waals surface area contributed by atoms with E-state index in [0.717, 1.165) is 17.1 Å². The second-order valence-corrected chi connectivity index (χ2v) is 15.3. The number of hydrogen-bond acceptors (Lipinski definition) is 1. The second kappa shape index (κ2) is 14.6. The number of fused-ring (bicyclic) bond motifs is 5. The van der Waals surface area contributed by atoms with Gasteiger partial charge in [0.15, 0.2) is 0 Å². The van der Waals surface area contributed by atoms with Gasteiger partial charge in [-0.25, -0.2) is 0 Å². The molecule has 0 saturated heterocycles. The van der Waals surface area contributed by atoms with Crippen molar-refractivity contribution >= 4 is 60.2 Å². The molecule has 1 heteroatoms. The molecule has 0 unspecified atom stereocenters. The molecule has 0 atom stereocenters. The first-order chi connectivity index (χ1) is 29.2. The second-order valence-electron chi connectivity index (χ2n) is 15.3. The van der Waals surface area contributed by atoms with Crippen LogP contribution in [0.25, 0.3) is 87.6 Å². The Labute approximate surface area is 344 Å². The van der Waals surface area contributed by atoms with Crippen LogP contribution in [0.2, 0.25) is 0 Å². The Hall–Kier alpha value is -7.74. The Morgan fingerprint density at radius 3 is 1.29 bits per heavy atom. The van der Waals surface area contributed by atoms with Crippen LogP contribution >= 0.6 is 0 Å². The smallest absolute Gasteiger partial charge is 0.0468 e. The molecule has 0 aliphatic heterocycles. The summed E-state index contributed by atoms with van der Waals surface area (Å²) in [5.41, 5.74) is 12.9. The summed E-state index contributed by atoms with van der Waals surface area (Å²) in [5.74, 6) is 0. The summed E-state index contributed by atoms with van der Waals surface area (Å²) < 4.78 is 0. The van der Waals surface area contributed by atoms with Gasteiger partial charge in [-0.1, -0.05) is 188 Å². The van der Waals surface area contributed by atoms with Crippen LogP contribution in [-0.4, -0.2) is 0 Å². The van der Waals surface area contributed by atoms with Crippen LogP contribution < -0.4 is 4.90 Å². The first kappa shape index (κ1) is 34.5. The zero-order chi connectivity index (χ0) is 39.1. The van der Waals surface area contributed by atoms with Gasteiger partial charge in [-0.2, -0.15) is 0 Å². The Bertz CT molecular complexity index is 3310. The SMILES string of the molecule is c1ccc(-c2c(-c3ccccc3)c3cc(N(c4ccc(-c5ccc6ccccc6c5)cc4)c4cccc(-c5ccc6ccccc6c5)c4)ccc3c3ccccc23)cc1. The van der Waals surface area contributed by atoms with Crippen molar-refractivity contribution in [2.24, 2.45) is 0 Å². The van der Waals surface area contributed by atoms with E-state index in [9.17, 15) is 0 Å². The van der Waals surface area contributed by atoms with Crippen molar-refractivity contribution in [1.29, 1.82) is 0 Å². The molecule has 0 N–H and O–H groups in total. The number of rotatable bonds is 7. The van der Waals surface area contributed by atoms with E-state index in [-0.39, 0.29) is 0 Å². The third kappa shape index (κ3) is 6.30. The monoisotopic (exact) mass is 749 g/mol. The minimum absolute atomic E-state index is 1.09. The van der Waals surface area contributed by atoms with E-state index in [2.05, 4.69) is 241 Å². The van der Waals surface area contributed by atoms with Crippen LogP contribution in [0.4, 0.5) is 17.1 Å². The van der Waals surface area contributed by atoms with E-state index >= 15 is 0 Å². The van der Waals surface area contributed by atoms with Crippen molar-refractivity contribution in [3.8, 4) is 44.5 Å². The van der Waals surface area contributed by atoms with Gasteiger partial charge in [0.05, 0.1) is 0 Å². The fourth-order valence-electron chi connectivity index (χ4n) is 8.94. The van der Waals surface area contributed by atoms with Crippen molar-refractivity contribution in [2.75, 3.05) is 4.90 Å². The van der Waals surface area contributed by atoms with E-state index < -0.39 is 0 Å². The van der Waals surface area contributed by atoms with Gasteiger partial charge < -0.3 is 4.90 Å². The van der Waals surface area contributed by atoms with Crippen LogP contribution in [0.5, 0.6) is 0 Å². The van der Waals surface area contributed by atoms with Gasteiger partial charge >= 0.3 is 0 Å². The molecule has 1 nitrogen and oxygen atoms in total. The maximum atomic E-state index is 2.42. The van der Waals surface area contributed by atoms with Gasteiger partial charge in [0.25, 0.3) is 0 Å². The molecule has 0 heterocycles. The first-order valence-electron chi connectivity index (χ1n) is 20.3. The quantitative estimate of drug-likeness (QED) is 0.147. The molecule has 0 spiro atoms. The molecule has 0 bridgehead atoms. The average Bonchev–Trinajstić information content (AvgIpc) is 3.31. The normalized spacial score (nSPS) is 11.4. The summed E-state index contributed by atoms with van der Waals surface area (Å²) >= 11 is 0. The molecule has 11 aromatic rings. The van der Waals surface area contributed by atoms with E-state index in [1.807, 2.05) is 0 Å². The van der Waals surface area contributed by atoms with Gasteiger partial charge in [-0.3, -0.25) is 0 Å². The Balaban J connectivity index is 1.14. The van der Waals surface area contributed by atoms with Crippen molar-refractivity contribution < 1.29 is 0 Å². The van der Waals surface area contributed by atoms with Crippen molar-refractivity contribution in [1.82, 2.24) is 0 Å². The molecule has 11 rings (SSSR count). The molecule has 0 amide bonds. The molecular weight excluding hydrogens is 711 g/mol. The molecule has 0 aliphatic carbocycles. The fraction of sp³-hybridized carbons (Fsp3) is 0. The molecule has 0 saturated carbocycles. The molecule has 0 radical (unpaired) electrons. The zero-order valence-electron chi connectivity index (χ0n) is 32.5. The highest BCUT2D eigenvalue weighted by Gasteiger charge is 2.21. The molecule has 276 valence electrons. The minimum Gasteiger partial charge on any atom is -0.310 e. The number of hydrogen-bond donors (Lipinski definition) is 0.